The first-order chi connectivity index (χ1) is 12.4. The summed E-state index contributed by atoms with van der Waals surface area (Å²) in [6.07, 6.45) is 3.58. The van der Waals surface area contributed by atoms with Gasteiger partial charge in [-0.25, -0.2) is 0 Å². The van der Waals surface area contributed by atoms with E-state index >= 15 is 0 Å². The number of benzene rings is 2. The van der Waals surface area contributed by atoms with Crippen molar-refractivity contribution in [1.82, 2.24) is 0 Å². The van der Waals surface area contributed by atoms with Crippen LogP contribution in [-0.2, 0) is 4.57 Å². The highest BCUT2D eigenvalue weighted by atomic mass is 31.1. The fraction of sp³-hybridized carbons (Fsp3) is 0.478. The molecule has 2 aromatic rings. The largest absolute Gasteiger partial charge is 0.347 e. The molecule has 3 rings (SSSR count). The van der Waals surface area contributed by atoms with E-state index in [0.29, 0.717) is 17.2 Å². The average molecular weight is 385 g/mol. The minimum absolute atomic E-state index is 0.0927. The Morgan fingerprint density at radius 3 is 1.88 bits per heavy atom. The first-order valence-electron chi connectivity index (χ1n) is 9.75. The number of hydrogen-bond acceptors (Lipinski definition) is 1. The summed E-state index contributed by atoms with van der Waals surface area (Å²) >= 11 is 0. The summed E-state index contributed by atoms with van der Waals surface area (Å²) in [5, 5.41) is 2.79. The van der Waals surface area contributed by atoms with Gasteiger partial charge >= 0.3 is 7.80 Å². The van der Waals surface area contributed by atoms with Gasteiger partial charge in [-0.15, -0.1) is 0 Å². The fourth-order valence-electron chi connectivity index (χ4n) is 4.31. The molecule has 1 unspecified atom stereocenters. The maximum absolute atomic E-state index is 13.2. The van der Waals surface area contributed by atoms with E-state index in [4.69, 9.17) is 0 Å². The van der Waals surface area contributed by atoms with Crippen molar-refractivity contribution >= 4 is 26.3 Å². The van der Waals surface area contributed by atoms with Gasteiger partial charge < -0.3 is 0 Å². The molecule has 0 bridgehead atoms. The molecule has 0 spiro atoms. The van der Waals surface area contributed by atoms with Crippen LogP contribution in [0.4, 0.5) is 0 Å². The van der Waals surface area contributed by atoms with Gasteiger partial charge in [0.15, 0.2) is 10.8 Å². The Balaban J connectivity index is 1.95. The summed E-state index contributed by atoms with van der Waals surface area (Å²) in [7, 11) is -1.64. The van der Waals surface area contributed by atoms with Crippen molar-refractivity contribution in [1.29, 1.82) is 0 Å². The lowest BCUT2D eigenvalue weighted by atomic mass is 10.0. The second kappa shape index (κ2) is 8.33. The van der Waals surface area contributed by atoms with Crippen LogP contribution in [0.25, 0.3) is 0 Å². The fourth-order valence-corrected chi connectivity index (χ4v) is 9.58. The summed E-state index contributed by atoms with van der Waals surface area (Å²) in [4.78, 5) is 0. The maximum Gasteiger partial charge on any atom is 0.347 e. The summed E-state index contributed by atoms with van der Waals surface area (Å²) in [6, 6.07) is 21.9. The lowest BCUT2D eigenvalue weighted by Gasteiger charge is -2.31. The van der Waals surface area contributed by atoms with Gasteiger partial charge in [-0.2, -0.15) is 0 Å². The Hall–Kier alpha value is -1.03. The molecule has 138 valence electrons. The second-order valence-corrected chi connectivity index (χ2v) is 13.7. The number of hydrogen-bond donors (Lipinski definition) is 0. The van der Waals surface area contributed by atoms with Gasteiger partial charge in [-0.05, 0) is 64.2 Å². The summed E-state index contributed by atoms with van der Waals surface area (Å²) in [6.45, 7) is 8.84. The highest BCUT2D eigenvalue weighted by molar-refractivity contribution is 7.73. The highest BCUT2D eigenvalue weighted by Crippen LogP contribution is 2.56. The molecule has 0 saturated heterocycles. The zero-order valence-corrected chi connectivity index (χ0v) is 18.2. The molecule has 1 aliphatic rings. The Bertz CT molecular complexity index is 681. The summed E-state index contributed by atoms with van der Waals surface area (Å²) < 4.78 is 13.2. The Labute approximate surface area is 161 Å². The minimum Gasteiger partial charge on any atom is -0.0739 e. The van der Waals surface area contributed by atoms with E-state index in [1.54, 1.807) is 0 Å². The predicted octanol–water partition coefficient (Wildman–Crippen LogP) is 6.30. The quantitative estimate of drug-likeness (QED) is 0.552. The lowest BCUT2D eigenvalue weighted by Crippen LogP contribution is -2.31. The van der Waals surface area contributed by atoms with E-state index in [9.17, 15) is 4.57 Å². The first kappa shape index (κ1) is 19.7. The second-order valence-electron chi connectivity index (χ2n) is 8.44. The van der Waals surface area contributed by atoms with Crippen LogP contribution in [0.5, 0.6) is 0 Å². The van der Waals surface area contributed by atoms with Gasteiger partial charge in [0.2, 0.25) is 0 Å². The van der Waals surface area contributed by atoms with Crippen LogP contribution in [0.1, 0.15) is 47.0 Å². The molecular weight excluding hydrogens is 354 g/mol. The molecule has 0 radical (unpaired) electrons. The first-order valence-corrected chi connectivity index (χ1v) is 12.5. The van der Waals surface area contributed by atoms with Crippen LogP contribution in [0, 0.1) is 5.92 Å². The SMILES string of the molecule is C[C@H]([C@@H]1CCC[C@@H]1[P+](=O)C(C)(C)C)P(c1ccccc1)c1ccccc1. The van der Waals surface area contributed by atoms with Gasteiger partial charge in [0.1, 0.15) is 0 Å². The van der Waals surface area contributed by atoms with Crippen LogP contribution in [0.15, 0.2) is 60.7 Å². The van der Waals surface area contributed by atoms with Crippen LogP contribution in [-0.4, -0.2) is 16.5 Å². The van der Waals surface area contributed by atoms with Crippen LogP contribution in [0.2, 0.25) is 0 Å². The Morgan fingerprint density at radius 2 is 1.42 bits per heavy atom. The maximum atomic E-state index is 13.2. The lowest BCUT2D eigenvalue weighted by molar-refractivity contribution is 0.504. The van der Waals surface area contributed by atoms with Crippen molar-refractivity contribution in [2.24, 2.45) is 5.92 Å². The molecule has 2 aromatic carbocycles. The van der Waals surface area contributed by atoms with Gasteiger partial charge in [0.05, 0.1) is 0 Å². The zero-order chi connectivity index (χ0) is 18.7. The molecule has 0 N–H and O–H groups in total. The molecule has 0 amide bonds. The third-order valence-corrected chi connectivity index (χ3v) is 11.1. The normalized spacial score (nSPS) is 22.4. The van der Waals surface area contributed by atoms with E-state index in [-0.39, 0.29) is 5.16 Å². The van der Waals surface area contributed by atoms with Crippen molar-refractivity contribution in [3.63, 3.8) is 0 Å². The molecule has 4 atom stereocenters. The van der Waals surface area contributed by atoms with Gasteiger partial charge in [-0.1, -0.05) is 72.2 Å². The van der Waals surface area contributed by atoms with Gasteiger partial charge in [0.25, 0.3) is 0 Å². The molecule has 1 saturated carbocycles. The summed E-state index contributed by atoms with van der Waals surface area (Å²) in [5.74, 6) is 0.560. The van der Waals surface area contributed by atoms with E-state index in [0.717, 1.165) is 6.42 Å². The molecular formula is C23H31OP2+. The van der Waals surface area contributed by atoms with Crippen molar-refractivity contribution in [3.8, 4) is 0 Å². The molecule has 1 fully saturated rings. The Kier molecular flexibility index (Phi) is 6.32. The van der Waals surface area contributed by atoms with Gasteiger partial charge in [0, 0.05) is 5.92 Å². The van der Waals surface area contributed by atoms with Crippen molar-refractivity contribution in [3.05, 3.63) is 60.7 Å². The predicted molar refractivity (Wildman–Crippen MR) is 117 cm³/mol. The molecule has 1 aliphatic carbocycles. The molecule has 0 aromatic heterocycles. The van der Waals surface area contributed by atoms with E-state index in [1.807, 2.05) is 0 Å². The standard InChI is InChI=1S/C23H31OP2/c1-18(21-16-11-17-22(21)26(24)23(2,3)4)25(19-12-7-5-8-13-19)20-14-9-6-10-15-20/h5-10,12-15,18,21-22H,11,16-17H2,1-4H3/q+1/t18-,21+,22+/m1/s1. The zero-order valence-electron chi connectivity index (χ0n) is 16.4. The van der Waals surface area contributed by atoms with E-state index in [2.05, 4.69) is 88.4 Å². The van der Waals surface area contributed by atoms with E-state index < -0.39 is 15.7 Å². The topological polar surface area (TPSA) is 17.1 Å². The third-order valence-electron chi connectivity index (χ3n) is 5.59. The molecule has 1 nitrogen and oxygen atoms in total. The van der Waals surface area contributed by atoms with Crippen molar-refractivity contribution in [2.75, 3.05) is 0 Å². The Morgan fingerprint density at radius 1 is 0.923 bits per heavy atom. The smallest absolute Gasteiger partial charge is 0.0739 e. The highest BCUT2D eigenvalue weighted by Gasteiger charge is 2.50. The molecule has 0 aliphatic heterocycles. The van der Waals surface area contributed by atoms with Gasteiger partial charge in [-0.3, -0.25) is 0 Å². The molecule has 0 heterocycles. The van der Waals surface area contributed by atoms with Crippen LogP contribution >= 0.6 is 15.7 Å². The third kappa shape index (κ3) is 4.27. The van der Waals surface area contributed by atoms with Crippen molar-refractivity contribution < 1.29 is 4.57 Å². The monoisotopic (exact) mass is 385 g/mol. The minimum atomic E-state index is -1.20. The number of rotatable bonds is 5. The molecule has 26 heavy (non-hydrogen) atoms. The van der Waals surface area contributed by atoms with E-state index in [1.165, 1.54) is 23.5 Å². The summed E-state index contributed by atoms with van der Waals surface area (Å²) in [5.41, 5.74) is 0.918. The van der Waals surface area contributed by atoms with Crippen LogP contribution in [0.3, 0.4) is 0 Å². The van der Waals surface area contributed by atoms with Crippen LogP contribution < -0.4 is 10.6 Å². The molecule has 3 heteroatoms. The van der Waals surface area contributed by atoms with Crippen molar-refractivity contribution in [2.45, 2.75) is 63.4 Å². The average Bonchev–Trinajstić information content (AvgIpc) is 3.12.